The molecule has 0 N–H and O–H groups in total. The van der Waals surface area contributed by atoms with Gasteiger partial charge in [-0.25, -0.2) is 4.98 Å². The average molecular weight is 335 g/mol. The minimum Gasteiger partial charge on any atom is -0.444 e. The molecule has 6 rings (SSSR count). The monoisotopic (exact) mass is 335 g/mol. The highest BCUT2D eigenvalue weighted by atomic mass is 16.4. The first-order valence-corrected chi connectivity index (χ1v) is 9.85. The number of aryl methyl sites for hydroxylation is 1. The van der Waals surface area contributed by atoms with Crippen LogP contribution in [0.1, 0.15) is 54.9 Å². The van der Waals surface area contributed by atoms with Gasteiger partial charge in [0.25, 0.3) is 0 Å². The van der Waals surface area contributed by atoms with E-state index in [1.54, 1.807) is 5.56 Å². The zero-order valence-corrected chi connectivity index (χ0v) is 14.8. The fourth-order valence-corrected chi connectivity index (χ4v) is 6.32. The van der Waals surface area contributed by atoms with Crippen LogP contribution in [0.15, 0.2) is 34.9 Å². The van der Waals surface area contributed by atoms with Gasteiger partial charge in [0.1, 0.15) is 11.8 Å². The standard InChI is InChI=1S/C21H25N3O/c1-13-12-22-21(25-13)18-11-14-5-4-9-23-10-8-16-15-6-2-3-7-17(15)24(18)20(16)19(14)23/h2-3,6-7,12,14,16,18-20H,4-5,8-11H2,1H3. The molecule has 4 heteroatoms. The molecular weight excluding hydrogens is 310 g/mol. The van der Waals surface area contributed by atoms with Crippen LogP contribution in [0.3, 0.4) is 0 Å². The van der Waals surface area contributed by atoms with Gasteiger partial charge in [0, 0.05) is 17.6 Å². The van der Waals surface area contributed by atoms with Gasteiger partial charge in [-0.2, -0.15) is 0 Å². The molecule has 1 aromatic heterocycles. The van der Waals surface area contributed by atoms with Gasteiger partial charge in [-0.1, -0.05) is 18.2 Å². The number of piperidine rings is 3. The largest absolute Gasteiger partial charge is 0.444 e. The second kappa shape index (κ2) is 5.10. The molecule has 130 valence electrons. The van der Waals surface area contributed by atoms with E-state index in [2.05, 4.69) is 39.0 Å². The molecular formula is C21H25N3O. The van der Waals surface area contributed by atoms with Crippen LogP contribution in [0.25, 0.3) is 0 Å². The molecule has 4 aliphatic rings. The first-order chi connectivity index (χ1) is 12.3. The highest BCUT2D eigenvalue weighted by molar-refractivity contribution is 5.64. The van der Waals surface area contributed by atoms with Gasteiger partial charge in [-0.3, -0.25) is 4.90 Å². The molecule has 1 aromatic carbocycles. The van der Waals surface area contributed by atoms with Crippen LogP contribution in [0.5, 0.6) is 0 Å². The van der Waals surface area contributed by atoms with Crippen LogP contribution in [0.4, 0.5) is 5.69 Å². The zero-order chi connectivity index (χ0) is 16.5. The molecule has 4 aliphatic heterocycles. The first kappa shape index (κ1) is 14.4. The van der Waals surface area contributed by atoms with Gasteiger partial charge in [0.15, 0.2) is 0 Å². The Morgan fingerprint density at radius 3 is 2.92 bits per heavy atom. The van der Waals surface area contributed by atoms with E-state index in [0.29, 0.717) is 24.0 Å². The molecule has 3 saturated heterocycles. The summed E-state index contributed by atoms with van der Waals surface area (Å²) in [6.07, 6.45) is 7.07. The third-order valence-corrected chi connectivity index (χ3v) is 7.14. The second-order valence-electron chi connectivity index (χ2n) is 8.34. The molecule has 0 bridgehead atoms. The second-order valence-corrected chi connectivity index (χ2v) is 8.34. The number of rotatable bonds is 1. The molecule has 0 radical (unpaired) electrons. The highest BCUT2D eigenvalue weighted by Gasteiger charge is 2.56. The Hall–Kier alpha value is -1.81. The third-order valence-electron chi connectivity index (χ3n) is 7.14. The summed E-state index contributed by atoms with van der Waals surface area (Å²) >= 11 is 0. The molecule has 5 atom stereocenters. The Bertz CT molecular complexity index is 815. The van der Waals surface area contributed by atoms with Crippen molar-refractivity contribution in [2.75, 3.05) is 18.0 Å². The van der Waals surface area contributed by atoms with Crippen LogP contribution in [-0.4, -0.2) is 35.1 Å². The fourth-order valence-electron chi connectivity index (χ4n) is 6.32. The number of aromatic nitrogens is 1. The van der Waals surface area contributed by atoms with Crippen LogP contribution < -0.4 is 4.90 Å². The molecule has 0 amide bonds. The van der Waals surface area contributed by atoms with Gasteiger partial charge >= 0.3 is 0 Å². The lowest BCUT2D eigenvalue weighted by molar-refractivity contribution is 0.00556. The number of para-hydroxylation sites is 1. The Kier molecular flexibility index (Phi) is 2.93. The summed E-state index contributed by atoms with van der Waals surface area (Å²) in [7, 11) is 0. The van der Waals surface area contributed by atoms with Crippen molar-refractivity contribution in [2.45, 2.75) is 56.7 Å². The van der Waals surface area contributed by atoms with E-state index >= 15 is 0 Å². The lowest BCUT2D eigenvalue weighted by Gasteiger charge is -2.57. The van der Waals surface area contributed by atoms with E-state index in [-0.39, 0.29) is 0 Å². The average Bonchev–Trinajstić information content (AvgIpc) is 3.22. The van der Waals surface area contributed by atoms with Crippen molar-refractivity contribution in [1.29, 1.82) is 0 Å². The molecule has 2 aromatic rings. The minimum absolute atomic E-state index is 0.296. The molecule has 5 heterocycles. The van der Waals surface area contributed by atoms with Crippen molar-refractivity contribution >= 4 is 5.69 Å². The maximum Gasteiger partial charge on any atom is 0.217 e. The Balaban J connectivity index is 1.52. The summed E-state index contributed by atoms with van der Waals surface area (Å²) in [5.74, 6) is 3.31. The van der Waals surface area contributed by atoms with Crippen LogP contribution >= 0.6 is 0 Å². The Morgan fingerprint density at radius 1 is 1.12 bits per heavy atom. The number of anilines is 1. The van der Waals surface area contributed by atoms with Crippen molar-refractivity contribution in [1.82, 2.24) is 9.88 Å². The van der Waals surface area contributed by atoms with Gasteiger partial charge < -0.3 is 9.32 Å². The summed E-state index contributed by atoms with van der Waals surface area (Å²) in [5, 5.41) is 0. The number of hydrogen-bond acceptors (Lipinski definition) is 4. The number of fused-ring (bicyclic) bond motifs is 3. The maximum absolute atomic E-state index is 6.04. The van der Waals surface area contributed by atoms with Crippen molar-refractivity contribution in [3.05, 3.63) is 47.7 Å². The number of oxazole rings is 1. The van der Waals surface area contributed by atoms with Crippen molar-refractivity contribution in [2.24, 2.45) is 5.92 Å². The zero-order valence-electron chi connectivity index (χ0n) is 14.8. The van der Waals surface area contributed by atoms with Crippen molar-refractivity contribution < 1.29 is 4.42 Å². The summed E-state index contributed by atoms with van der Waals surface area (Å²) in [6.45, 7) is 4.57. The van der Waals surface area contributed by atoms with Crippen molar-refractivity contribution in [3.8, 4) is 0 Å². The summed E-state index contributed by atoms with van der Waals surface area (Å²) in [4.78, 5) is 10.1. The van der Waals surface area contributed by atoms with Gasteiger partial charge in [-0.15, -0.1) is 0 Å². The molecule has 5 unspecified atom stereocenters. The maximum atomic E-state index is 6.04. The Labute approximate surface area is 148 Å². The van der Waals surface area contributed by atoms with Crippen LogP contribution in [0, 0.1) is 12.8 Å². The highest BCUT2D eigenvalue weighted by Crippen LogP contribution is 2.57. The molecule has 0 spiro atoms. The lowest BCUT2D eigenvalue weighted by Crippen LogP contribution is -2.64. The predicted molar refractivity (Wildman–Crippen MR) is 96.8 cm³/mol. The van der Waals surface area contributed by atoms with E-state index in [0.717, 1.165) is 17.6 Å². The first-order valence-electron chi connectivity index (χ1n) is 9.85. The molecule has 0 aliphatic carbocycles. The van der Waals surface area contributed by atoms with E-state index in [9.17, 15) is 0 Å². The molecule has 4 nitrogen and oxygen atoms in total. The number of hydrogen-bond donors (Lipinski definition) is 0. The third kappa shape index (κ3) is 1.89. The molecule has 3 fully saturated rings. The van der Waals surface area contributed by atoms with Gasteiger partial charge in [-0.05, 0) is 63.2 Å². The molecule has 25 heavy (non-hydrogen) atoms. The number of nitrogens with zero attached hydrogens (tertiary/aromatic N) is 3. The van der Waals surface area contributed by atoms with Gasteiger partial charge in [0.2, 0.25) is 5.89 Å². The number of benzene rings is 1. The Morgan fingerprint density at radius 2 is 2.04 bits per heavy atom. The summed E-state index contributed by atoms with van der Waals surface area (Å²) in [6, 6.07) is 10.7. The fraction of sp³-hybridized carbons (Fsp3) is 0.571. The van der Waals surface area contributed by atoms with E-state index < -0.39 is 0 Å². The van der Waals surface area contributed by atoms with Crippen LogP contribution in [0.2, 0.25) is 0 Å². The topological polar surface area (TPSA) is 32.5 Å². The van der Waals surface area contributed by atoms with Gasteiger partial charge in [0.05, 0.1) is 12.2 Å². The van der Waals surface area contributed by atoms with E-state index in [4.69, 9.17) is 4.42 Å². The quantitative estimate of drug-likeness (QED) is 0.791. The smallest absolute Gasteiger partial charge is 0.217 e. The molecule has 0 saturated carbocycles. The SMILES string of the molecule is Cc1cnc(C2CC3CCCN4CCC5c6ccccc6N2C5C34)o1. The minimum atomic E-state index is 0.296. The lowest BCUT2D eigenvalue weighted by atomic mass is 9.70. The summed E-state index contributed by atoms with van der Waals surface area (Å²) < 4.78 is 6.04. The predicted octanol–water partition coefficient (Wildman–Crippen LogP) is 3.88. The van der Waals surface area contributed by atoms with E-state index in [1.807, 2.05) is 13.1 Å². The normalized spacial score (nSPS) is 36.2. The van der Waals surface area contributed by atoms with Crippen molar-refractivity contribution in [3.63, 3.8) is 0 Å². The summed E-state index contributed by atoms with van der Waals surface area (Å²) in [5.41, 5.74) is 3.00. The van der Waals surface area contributed by atoms with E-state index in [1.165, 1.54) is 44.5 Å². The van der Waals surface area contributed by atoms with Crippen LogP contribution in [-0.2, 0) is 0 Å².